The summed E-state index contributed by atoms with van der Waals surface area (Å²) in [6.07, 6.45) is 2.55. The Balaban J connectivity index is 1.61. The number of nitrogens with two attached hydrogens (primary N) is 1. The van der Waals surface area contributed by atoms with Gasteiger partial charge in [-0.2, -0.15) is 0 Å². The van der Waals surface area contributed by atoms with Crippen LogP contribution < -0.4 is 30.6 Å². The third kappa shape index (κ3) is 12.7. The Morgan fingerprint density at radius 2 is 1.15 bits per heavy atom. The number of rotatable bonds is 19. The second-order valence-electron chi connectivity index (χ2n) is 10.7. The number of ether oxygens (including phenoxy) is 5. The second kappa shape index (κ2) is 19.6. The van der Waals surface area contributed by atoms with Gasteiger partial charge >= 0.3 is 18.0 Å². The second-order valence-corrected chi connectivity index (χ2v) is 10.7. The third-order valence-electron chi connectivity index (χ3n) is 7.31. The van der Waals surface area contributed by atoms with Gasteiger partial charge in [0.2, 0.25) is 0 Å². The average molecular weight is 636 g/mol. The summed E-state index contributed by atoms with van der Waals surface area (Å²) in [7, 11) is 4.76. The standard InChI is InChI=1S/C35H45N3O8/c1-42-29-14-7-25(8-15-29)22-28(13-20-33(39)45-23-26-9-16-30(43-2)17-10-26)37-35(41)38-32(6-4-5-21-36)34(40)46-24-27-11-18-31(44-3)19-12-27/h7-12,14-19,28,32H,4-6,13,20-24,36H2,1-3H3,(H2,37,38,41). The van der Waals surface area contributed by atoms with Gasteiger partial charge in [-0.1, -0.05) is 36.4 Å². The minimum atomic E-state index is -0.874. The maximum Gasteiger partial charge on any atom is 0.329 e. The number of amides is 2. The van der Waals surface area contributed by atoms with Gasteiger partial charge in [0.25, 0.3) is 0 Å². The van der Waals surface area contributed by atoms with Crippen LogP contribution in [0.2, 0.25) is 0 Å². The van der Waals surface area contributed by atoms with Crippen molar-refractivity contribution in [3.8, 4) is 17.2 Å². The number of unbranched alkanes of at least 4 members (excludes halogenated alkanes) is 1. The molecule has 0 aliphatic carbocycles. The van der Waals surface area contributed by atoms with Crippen LogP contribution in [0.15, 0.2) is 72.8 Å². The first-order valence-electron chi connectivity index (χ1n) is 15.3. The summed E-state index contributed by atoms with van der Waals surface area (Å²) in [4.78, 5) is 38.9. The summed E-state index contributed by atoms with van der Waals surface area (Å²) in [6.45, 7) is 0.652. The minimum Gasteiger partial charge on any atom is -0.497 e. The molecule has 0 radical (unpaired) electrons. The van der Waals surface area contributed by atoms with Gasteiger partial charge in [0.1, 0.15) is 36.5 Å². The van der Waals surface area contributed by atoms with Crippen LogP contribution in [-0.2, 0) is 38.7 Å². The largest absolute Gasteiger partial charge is 0.497 e. The molecule has 0 saturated carbocycles. The Morgan fingerprint density at radius 3 is 1.65 bits per heavy atom. The van der Waals surface area contributed by atoms with Crippen LogP contribution in [0.4, 0.5) is 4.79 Å². The summed E-state index contributed by atoms with van der Waals surface area (Å²) in [5.41, 5.74) is 8.22. The zero-order valence-corrected chi connectivity index (χ0v) is 26.8. The molecule has 0 aliphatic heterocycles. The fourth-order valence-corrected chi connectivity index (χ4v) is 4.63. The molecule has 46 heavy (non-hydrogen) atoms. The molecule has 0 heterocycles. The molecule has 0 saturated heterocycles. The van der Waals surface area contributed by atoms with E-state index in [1.165, 1.54) is 0 Å². The molecule has 11 heteroatoms. The van der Waals surface area contributed by atoms with Gasteiger partial charge in [-0.25, -0.2) is 9.59 Å². The Morgan fingerprint density at radius 1 is 0.652 bits per heavy atom. The molecule has 2 atom stereocenters. The number of nitrogens with one attached hydrogen (secondary N) is 2. The SMILES string of the molecule is COc1ccc(COC(=O)CCC(Cc2ccc(OC)cc2)NC(=O)NC(CCCCN)C(=O)OCc2ccc(OC)cc2)cc1. The van der Waals surface area contributed by atoms with Gasteiger partial charge in [-0.3, -0.25) is 4.79 Å². The van der Waals surface area contributed by atoms with E-state index in [0.29, 0.717) is 55.9 Å². The van der Waals surface area contributed by atoms with Gasteiger partial charge in [-0.05, 0) is 91.7 Å². The molecule has 248 valence electrons. The number of methoxy groups -OCH3 is 3. The molecule has 2 unspecified atom stereocenters. The Labute approximate surface area is 270 Å². The van der Waals surface area contributed by atoms with Gasteiger partial charge in [-0.15, -0.1) is 0 Å². The highest BCUT2D eigenvalue weighted by Gasteiger charge is 2.24. The summed E-state index contributed by atoms with van der Waals surface area (Å²) in [5.74, 6) is 1.19. The molecule has 2 amide bonds. The van der Waals surface area contributed by atoms with Crippen molar-refractivity contribution in [3.63, 3.8) is 0 Å². The van der Waals surface area contributed by atoms with Crippen molar-refractivity contribution in [2.24, 2.45) is 5.73 Å². The number of esters is 2. The van der Waals surface area contributed by atoms with Crippen molar-refractivity contribution in [2.75, 3.05) is 27.9 Å². The van der Waals surface area contributed by atoms with E-state index in [0.717, 1.165) is 16.7 Å². The smallest absolute Gasteiger partial charge is 0.329 e. The molecule has 3 aromatic rings. The van der Waals surface area contributed by atoms with Gasteiger partial charge in [0.05, 0.1) is 21.3 Å². The monoisotopic (exact) mass is 635 g/mol. The van der Waals surface area contributed by atoms with Crippen LogP contribution in [0.3, 0.4) is 0 Å². The Bertz CT molecular complexity index is 1350. The molecule has 0 fully saturated rings. The van der Waals surface area contributed by atoms with Crippen molar-refractivity contribution in [1.82, 2.24) is 10.6 Å². The Hall–Kier alpha value is -4.77. The summed E-state index contributed by atoms with van der Waals surface area (Å²) in [6, 6.07) is 20.1. The van der Waals surface area contributed by atoms with Crippen LogP contribution in [0.25, 0.3) is 0 Å². The number of urea groups is 1. The summed E-state index contributed by atoms with van der Waals surface area (Å²) < 4.78 is 26.6. The molecular formula is C35H45N3O8. The lowest BCUT2D eigenvalue weighted by molar-refractivity contribution is -0.147. The van der Waals surface area contributed by atoms with Gasteiger partial charge in [0, 0.05) is 12.5 Å². The molecule has 0 spiro atoms. The lowest BCUT2D eigenvalue weighted by Crippen LogP contribution is -2.50. The lowest BCUT2D eigenvalue weighted by Gasteiger charge is -2.22. The van der Waals surface area contributed by atoms with Crippen molar-refractivity contribution < 1.29 is 38.1 Å². The molecule has 0 aromatic heterocycles. The van der Waals surface area contributed by atoms with E-state index in [-0.39, 0.29) is 25.6 Å². The molecule has 3 aromatic carbocycles. The first-order valence-corrected chi connectivity index (χ1v) is 15.3. The number of carbonyl (C=O) groups excluding carboxylic acids is 3. The first-order chi connectivity index (χ1) is 22.3. The van der Waals surface area contributed by atoms with E-state index in [1.54, 1.807) is 57.7 Å². The number of hydrogen-bond donors (Lipinski definition) is 3. The van der Waals surface area contributed by atoms with Crippen LogP contribution in [-0.4, -0.2) is 57.9 Å². The van der Waals surface area contributed by atoms with E-state index in [1.807, 2.05) is 36.4 Å². The topological polar surface area (TPSA) is 147 Å². The van der Waals surface area contributed by atoms with Crippen molar-refractivity contribution in [2.45, 2.75) is 63.8 Å². The first kappa shape index (κ1) is 35.7. The van der Waals surface area contributed by atoms with Gasteiger partial charge < -0.3 is 40.1 Å². The normalized spacial score (nSPS) is 11.9. The Kier molecular flexibility index (Phi) is 15.2. The van der Waals surface area contributed by atoms with E-state index >= 15 is 0 Å². The maximum absolute atomic E-state index is 13.2. The fourth-order valence-electron chi connectivity index (χ4n) is 4.63. The van der Waals surface area contributed by atoms with Crippen molar-refractivity contribution in [1.29, 1.82) is 0 Å². The molecule has 0 bridgehead atoms. The number of benzene rings is 3. The fraction of sp³-hybridized carbons (Fsp3) is 0.400. The average Bonchev–Trinajstić information content (AvgIpc) is 3.09. The minimum absolute atomic E-state index is 0.0538. The van der Waals surface area contributed by atoms with Crippen molar-refractivity contribution >= 4 is 18.0 Å². The van der Waals surface area contributed by atoms with E-state index in [9.17, 15) is 14.4 Å². The van der Waals surface area contributed by atoms with Crippen LogP contribution >= 0.6 is 0 Å². The molecule has 11 nitrogen and oxygen atoms in total. The lowest BCUT2D eigenvalue weighted by atomic mass is 10.0. The van der Waals surface area contributed by atoms with Crippen LogP contribution in [0, 0.1) is 0 Å². The van der Waals surface area contributed by atoms with Crippen molar-refractivity contribution in [3.05, 3.63) is 89.5 Å². The predicted molar refractivity (Wildman–Crippen MR) is 174 cm³/mol. The number of carbonyl (C=O) groups is 3. The van der Waals surface area contributed by atoms with Crippen LogP contribution in [0.5, 0.6) is 17.2 Å². The summed E-state index contributed by atoms with van der Waals surface area (Å²) >= 11 is 0. The zero-order chi connectivity index (χ0) is 33.1. The zero-order valence-electron chi connectivity index (χ0n) is 26.8. The molecule has 3 rings (SSSR count). The highest BCUT2D eigenvalue weighted by Crippen LogP contribution is 2.17. The van der Waals surface area contributed by atoms with Gasteiger partial charge in [0.15, 0.2) is 0 Å². The molecule has 4 N–H and O–H groups in total. The van der Waals surface area contributed by atoms with E-state index in [4.69, 9.17) is 29.4 Å². The molecule has 0 aliphatic rings. The highest BCUT2D eigenvalue weighted by molar-refractivity contribution is 5.83. The highest BCUT2D eigenvalue weighted by atomic mass is 16.5. The third-order valence-corrected chi connectivity index (χ3v) is 7.31. The quantitative estimate of drug-likeness (QED) is 0.126. The van der Waals surface area contributed by atoms with Crippen LogP contribution in [0.1, 0.15) is 48.8 Å². The number of hydrogen-bond acceptors (Lipinski definition) is 9. The predicted octanol–water partition coefficient (Wildman–Crippen LogP) is 4.69. The maximum atomic E-state index is 13.2. The van der Waals surface area contributed by atoms with E-state index < -0.39 is 24.1 Å². The van der Waals surface area contributed by atoms with E-state index in [2.05, 4.69) is 10.6 Å². The molecular weight excluding hydrogens is 590 g/mol. The summed E-state index contributed by atoms with van der Waals surface area (Å²) in [5, 5.41) is 5.73.